The van der Waals surface area contributed by atoms with E-state index in [9.17, 15) is 0 Å². The Labute approximate surface area is 113 Å². The summed E-state index contributed by atoms with van der Waals surface area (Å²) in [6.45, 7) is 6.26. The Bertz CT molecular complexity index is 558. The van der Waals surface area contributed by atoms with E-state index >= 15 is 0 Å². The Kier molecular flexibility index (Phi) is 3.46. The van der Waals surface area contributed by atoms with E-state index in [0.29, 0.717) is 0 Å². The van der Waals surface area contributed by atoms with Crippen molar-refractivity contribution in [3.63, 3.8) is 0 Å². The van der Waals surface area contributed by atoms with Gasteiger partial charge in [-0.1, -0.05) is 17.7 Å². The van der Waals surface area contributed by atoms with Crippen molar-refractivity contribution < 1.29 is 0 Å². The maximum atomic E-state index is 6.32. The molecule has 0 amide bonds. The van der Waals surface area contributed by atoms with Gasteiger partial charge in [-0.2, -0.15) is 0 Å². The number of hydrogen-bond donors (Lipinski definition) is 1. The molecule has 4 heteroatoms. The van der Waals surface area contributed by atoms with Crippen molar-refractivity contribution in [2.75, 3.05) is 7.05 Å². The molecule has 0 saturated heterocycles. The lowest BCUT2D eigenvalue weighted by Gasteiger charge is -2.25. The van der Waals surface area contributed by atoms with Gasteiger partial charge in [-0.15, -0.1) is 0 Å². The molecule has 1 aromatic heterocycles. The third kappa shape index (κ3) is 2.28. The zero-order valence-corrected chi connectivity index (χ0v) is 11.9. The van der Waals surface area contributed by atoms with E-state index in [-0.39, 0.29) is 5.54 Å². The molecule has 0 radical (unpaired) electrons. The second-order valence-corrected chi connectivity index (χ2v) is 5.39. The first-order valence-electron chi connectivity index (χ1n) is 5.94. The Morgan fingerprint density at radius 1 is 1.33 bits per heavy atom. The van der Waals surface area contributed by atoms with E-state index in [4.69, 9.17) is 11.6 Å². The van der Waals surface area contributed by atoms with Crippen LogP contribution in [-0.4, -0.2) is 16.6 Å². The van der Waals surface area contributed by atoms with Crippen molar-refractivity contribution in [2.24, 2.45) is 0 Å². The highest BCUT2D eigenvalue weighted by molar-refractivity contribution is 6.32. The number of halogens is 1. The monoisotopic (exact) mass is 263 g/mol. The zero-order valence-electron chi connectivity index (χ0n) is 11.2. The first-order chi connectivity index (χ1) is 8.45. The topological polar surface area (TPSA) is 29.9 Å². The van der Waals surface area contributed by atoms with E-state index < -0.39 is 0 Å². The van der Waals surface area contributed by atoms with Crippen LogP contribution in [0.25, 0.3) is 5.69 Å². The van der Waals surface area contributed by atoms with Crippen LogP contribution in [0.4, 0.5) is 0 Å². The Morgan fingerprint density at radius 2 is 2.06 bits per heavy atom. The van der Waals surface area contributed by atoms with Gasteiger partial charge in [-0.3, -0.25) is 4.57 Å². The summed E-state index contributed by atoms with van der Waals surface area (Å²) < 4.78 is 2.03. The largest absolute Gasteiger partial charge is 0.310 e. The maximum absolute atomic E-state index is 6.32. The Morgan fingerprint density at radius 3 is 2.67 bits per heavy atom. The number of hydrogen-bond acceptors (Lipinski definition) is 2. The van der Waals surface area contributed by atoms with Crippen molar-refractivity contribution in [1.82, 2.24) is 14.9 Å². The molecular formula is C14H18ClN3. The number of imidazole rings is 1. The molecule has 0 atom stereocenters. The summed E-state index contributed by atoms with van der Waals surface area (Å²) in [5.41, 5.74) is 3.03. The van der Waals surface area contributed by atoms with Gasteiger partial charge in [0.05, 0.1) is 34.5 Å². The summed E-state index contributed by atoms with van der Waals surface area (Å²) in [5.74, 6) is 0. The van der Waals surface area contributed by atoms with Crippen molar-refractivity contribution in [2.45, 2.75) is 26.3 Å². The Hall–Kier alpha value is -1.32. The molecule has 96 valence electrons. The van der Waals surface area contributed by atoms with Gasteiger partial charge in [-0.05, 0) is 45.5 Å². The van der Waals surface area contributed by atoms with Gasteiger partial charge in [-0.25, -0.2) is 4.98 Å². The summed E-state index contributed by atoms with van der Waals surface area (Å²) in [7, 11) is 1.94. The molecule has 18 heavy (non-hydrogen) atoms. The fourth-order valence-electron chi connectivity index (χ4n) is 1.88. The molecule has 2 aromatic rings. The molecule has 1 heterocycles. The normalized spacial score (nSPS) is 11.8. The predicted octanol–water partition coefficient (Wildman–Crippen LogP) is 3.29. The van der Waals surface area contributed by atoms with Crippen molar-refractivity contribution in [1.29, 1.82) is 0 Å². The Balaban J connectivity index is 2.56. The van der Waals surface area contributed by atoms with E-state index in [0.717, 1.165) is 22.0 Å². The molecule has 0 bridgehead atoms. The molecule has 0 spiro atoms. The summed E-state index contributed by atoms with van der Waals surface area (Å²) >= 11 is 6.32. The van der Waals surface area contributed by atoms with Crippen LogP contribution >= 0.6 is 11.6 Å². The van der Waals surface area contributed by atoms with Crippen LogP contribution in [0.3, 0.4) is 0 Å². The van der Waals surface area contributed by atoms with E-state index in [1.807, 2.05) is 36.9 Å². The SMILES string of the molecule is CNC(C)(C)c1cncn1-c1ccc(C)cc1Cl. The van der Waals surface area contributed by atoms with Gasteiger partial charge in [0, 0.05) is 0 Å². The molecule has 0 aliphatic carbocycles. The summed E-state index contributed by atoms with van der Waals surface area (Å²) in [6, 6.07) is 6.04. The summed E-state index contributed by atoms with van der Waals surface area (Å²) in [6.07, 6.45) is 3.66. The van der Waals surface area contributed by atoms with Gasteiger partial charge < -0.3 is 5.32 Å². The fourth-order valence-corrected chi connectivity index (χ4v) is 2.21. The number of nitrogens with zero attached hydrogens (tertiary/aromatic N) is 2. The molecule has 0 unspecified atom stereocenters. The van der Waals surface area contributed by atoms with Crippen molar-refractivity contribution in [3.8, 4) is 5.69 Å². The molecule has 1 aromatic carbocycles. The molecule has 3 nitrogen and oxygen atoms in total. The highest BCUT2D eigenvalue weighted by Crippen LogP contribution is 2.27. The zero-order chi connectivity index (χ0) is 13.3. The van der Waals surface area contributed by atoms with Crippen LogP contribution in [0.15, 0.2) is 30.7 Å². The first-order valence-corrected chi connectivity index (χ1v) is 6.32. The van der Waals surface area contributed by atoms with Crippen molar-refractivity contribution in [3.05, 3.63) is 47.0 Å². The lowest BCUT2D eigenvalue weighted by molar-refractivity contribution is 0.425. The highest BCUT2D eigenvalue weighted by Gasteiger charge is 2.23. The van der Waals surface area contributed by atoms with E-state index in [2.05, 4.69) is 30.2 Å². The molecule has 0 aliphatic heterocycles. The molecule has 2 rings (SSSR count). The minimum Gasteiger partial charge on any atom is -0.310 e. The summed E-state index contributed by atoms with van der Waals surface area (Å²) in [5, 5.41) is 4.02. The lowest BCUT2D eigenvalue weighted by Crippen LogP contribution is -2.35. The predicted molar refractivity (Wildman–Crippen MR) is 75.4 cm³/mol. The highest BCUT2D eigenvalue weighted by atomic mass is 35.5. The average Bonchev–Trinajstić information content (AvgIpc) is 2.78. The quantitative estimate of drug-likeness (QED) is 0.921. The lowest BCUT2D eigenvalue weighted by atomic mass is 10.0. The smallest absolute Gasteiger partial charge is 0.0995 e. The molecule has 0 saturated carbocycles. The van der Waals surface area contributed by atoms with Crippen LogP contribution in [0.1, 0.15) is 25.1 Å². The van der Waals surface area contributed by atoms with Gasteiger partial charge in [0.25, 0.3) is 0 Å². The number of rotatable bonds is 3. The molecule has 1 N–H and O–H groups in total. The van der Waals surface area contributed by atoms with Crippen LogP contribution in [0, 0.1) is 6.92 Å². The van der Waals surface area contributed by atoms with E-state index in [1.165, 1.54) is 0 Å². The number of benzene rings is 1. The molecular weight excluding hydrogens is 246 g/mol. The second-order valence-electron chi connectivity index (χ2n) is 4.98. The third-order valence-electron chi connectivity index (χ3n) is 3.27. The minimum atomic E-state index is -0.162. The van der Waals surface area contributed by atoms with Gasteiger partial charge in [0.15, 0.2) is 0 Å². The van der Waals surface area contributed by atoms with Crippen LogP contribution in [-0.2, 0) is 5.54 Å². The van der Waals surface area contributed by atoms with Crippen LogP contribution < -0.4 is 5.32 Å². The number of aromatic nitrogens is 2. The van der Waals surface area contributed by atoms with Crippen LogP contribution in [0.2, 0.25) is 5.02 Å². The minimum absolute atomic E-state index is 0.162. The number of aryl methyl sites for hydroxylation is 1. The summed E-state index contributed by atoms with van der Waals surface area (Å²) in [4.78, 5) is 4.24. The van der Waals surface area contributed by atoms with Crippen molar-refractivity contribution >= 4 is 11.6 Å². The average molecular weight is 264 g/mol. The van der Waals surface area contributed by atoms with Gasteiger partial charge in [0.2, 0.25) is 0 Å². The molecule has 0 aliphatic rings. The van der Waals surface area contributed by atoms with Gasteiger partial charge in [0.1, 0.15) is 0 Å². The first kappa shape index (κ1) is 13.1. The standard InChI is InChI=1S/C14H18ClN3/c1-10-5-6-12(11(15)7-10)18-9-17-8-13(18)14(2,3)16-4/h5-9,16H,1-4H3. The van der Waals surface area contributed by atoms with Gasteiger partial charge >= 0.3 is 0 Å². The maximum Gasteiger partial charge on any atom is 0.0995 e. The number of nitrogens with one attached hydrogen (secondary N) is 1. The molecule has 0 fully saturated rings. The van der Waals surface area contributed by atoms with E-state index in [1.54, 1.807) is 6.33 Å². The fraction of sp³-hybridized carbons (Fsp3) is 0.357. The second kappa shape index (κ2) is 4.75. The third-order valence-corrected chi connectivity index (χ3v) is 3.57. The van der Waals surface area contributed by atoms with Crippen LogP contribution in [0.5, 0.6) is 0 Å².